The summed E-state index contributed by atoms with van der Waals surface area (Å²) in [5.74, 6) is 0.706. The van der Waals surface area contributed by atoms with E-state index < -0.39 is 0 Å². The van der Waals surface area contributed by atoms with Crippen molar-refractivity contribution in [2.45, 2.75) is 73.1 Å². The monoisotopic (exact) mass is 245 g/mol. The maximum absolute atomic E-state index is 13.5. The molecule has 0 radical (unpaired) electrons. The topological polar surface area (TPSA) is 3.24 Å². The molecule has 0 saturated heterocycles. The zero-order chi connectivity index (χ0) is 13.3. The van der Waals surface area contributed by atoms with Crippen molar-refractivity contribution in [2.24, 2.45) is 11.3 Å². The van der Waals surface area contributed by atoms with Gasteiger partial charge in [-0.2, -0.15) is 0 Å². The minimum absolute atomic E-state index is 0.341. The molecule has 0 aliphatic rings. The van der Waals surface area contributed by atoms with E-state index in [1.165, 1.54) is 25.7 Å². The Morgan fingerprint density at radius 2 is 1.59 bits per heavy atom. The first-order chi connectivity index (χ1) is 8.06. The molecule has 0 fully saturated rings. The maximum Gasteiger partial charge on any atom is 0.0295 e. The van der Waals surface area contributed by atoms with Crippen LogP contribution in [0.15, 0.2) is 0 Å². The number of halogens is 1. The summed E-state index contributed by atoms with van der Waals surface area (Å²) in [4.78, 5) is 0. The number of hydrogen-bond acceptors (Lipinski definition) is 1. The third-order valence-electron chi connectivity index (χ3n) is 4.49. The van der Waals surface area contributed by atoms with E-state index in [-0.39, 0.29) is 0 Å². The fourth-order valence-electron chi connectivity index (χ4n) is 2.98. The molecule has 0 aromatic heterocycles. The van der Waals surface area contributed by atoms with E-state index in [0.29, 0.717) is 24.4 Å². The highest BCUT2D eigenvalue weighted by molar-refractivity contribution is 4.82. The van der Waals surface area contributed by atoms with Crippen LogP contribution < -0.4 is 0 Å². The molecule has 104 valence electrons. The van der Waals surface area contributed by atoms with Gasteiger partial charge < -0.3 is 0 Å². The normalized spacial score (nSPS) is 14.3. The van der Waals surface area contributed by atoms with Gasteiger partial charge in [-0.15, -0.1) is 9.60 Å². The van der Waals surface area contributed by atoms with Crippen molar-refractivity contribution in [3.05, 3.63) is 0 Å². The number of hydrogen-bond donors (Lipinski definition) is 0. The van der Waals surface area contributed by atoms with Gasteiger partial charge in [0, 0.05) is 13.1 Å². The van der Waals surface area contributed by atoms with Gasteiger partial charge in [0.2, 0.25) is 0 Å². The molecule has 0 aromatic rings. The van der Waals surface area contributed by atoms with Gasteiger partial charge in [0.05, 0.1) is 0 Å². The highest BCUT2D eigenvalue weighted by atomic mass is 19.2. The molecule has 0 aliphatic carbocycles. The first-order valence-electron chi connectivity index (χ1n) is 7.46. The van der Waals surface area contributed by atoms with Crippen molar-refractivity contribution in [3.63, 3.8) is 0 Å². The quantitative estimate of drug-likeness (QED) is 0.477. The summed E-state index contributed by atoms with van der Waals surface area (Å²) in [6.07, 6.45) is 6.73. The smallest absolute Gasteiger partial charge is 0.0295 e. The molecule has 0 saturated carbocycles. The molecule has 17 heavy (non-hydrogen) atoms. The number of rotatable bonds is 10. The molecular formula is C15H32FN. The van der Waals surface area contributed by atoms with E-state index in [0.717, 1.165) is 18.0 Å². The van der Waals surface area contributed by atoms with Crippen LogP contribution in [-0.4, -0.2) is 18.2 Å². The zero-order valence-electron chi connectivity index (χ0n) is 12.6. The Kier molecular flexibility index (Phi) is 8.85. The van der Waals surface area contributed by atoms with Gasteiger partial charge in [-0.05, 0) is 24.2 Å². The standard InChI is InChI=1S/C15H32FN/c1-6-10-14(5)15(8-3,9-4)11-13-17(16)12-7-2/h14H,6-13H2,1-5H3. The SMILES string of the molecule is CCCC(C)C(CC)(CC)CCN(F)CCC. The molecular weight excluding hydrogens is 213 g/mol. The van der Waals surface area contributed by atoms with Gasteiger partial charge in [-0.25, -0.2) is 0 Å². The van der Waals surface area contributed by atoms with Crippen molar-refractivity contribution in [3.8, 4) is 0 Å². The first-order valence-corrected chi connectivity index (χ1v) is 7.46. The molecule has 0 heterocycles. The summed E-state index contributed by atoms with van der Waals surface area (Å²) < 4.78 is 13.5. The lowest BCUT2D eigenvalue weighted by molar-refractivity contribution is -0.00118. The fourth-order valence-corrected chi connectivity index (χ4v) is 2.98. The average Bonchev–Trinajstić information content (AvgIpc) is 2.32. The lowest BCUT2D eigenvalue weighted by Crippen LogP contribution is -2.32. The minimum atomic E-state index is 0.341. The molecule has 0 aromatic carbocycles. The lowest BCUT2D eigenvalue weighted by atomic mass is 9.68. The molecule has 0 rings (SSSR count). The van der Waals surface area contributed by atoms with E-state index in [4.69, 9.17) is 0 Å². The Hall–Kier alpha value is -0.110. The van der Waals surface area contributed by atoms with E-state index in [1.807, 2.05) is 6.92 Å². The number of nitrogens with zero attached hydrogens (tertiary/aromatic N) is 1. The van der Waals surface area contributed by atoms with Crippen LogP contribution >= 0.6 is 0 Å². The second-order valence-electron chi connectivity index (χ2n) is 5.42. The summed E-state index contributed by atoms with van der Waals surface area (Å²) in [6.45, 7) is 12.3. The van der Waals surface area contributed by atoms with Crippen molar-refractivity contribution in [1.82, 2.24) is 5.12 Å². The predicted octanol–water partition coefficient (Wildman–Crippen LogP) is 5.22. The molecule has 0 bridgehead atoms. The first kappa shape index (κ1) is 16.9. The maximum atomic E-state index is 13.5. The van der Waals surface area contributed by atoms with Gasteiger partial charge in [0.15, 0.2) is 0 Å². The van der Waals surface area contributed by atoms with Gasteiger partial charge in [-0.1, -0.05) is 60.3 Å². The van der Waals surface area contributed by atoms with E-state index in [2.05, 4.69) is 27.7 Å². The summed E-state index contributed by atoms with van der Waals surface area (Å²) >= 11 is 0. The van der Waals surface area contributed by atoms with Crippen LogP contribution in [0.5, 0.6) is 0 Å². The molecule has 1 nitrogen and oxygen atoms in total. The van der Waals surface area contributed by atoms with Crippen molar-refractivity contribution < 1.29 is 4.48 Å². The Bertz CT molecular complexity index is 178. The molecule has 0 spiro atoms. The Morgan fingerprint density at radius 1 is 1.00 bits per heavy atom. The molecule has 2 heteroatoms. The minimum Gasteiger partial charge on any atom is -0.146 e. The zero-order valence-corrected chi connectivity index (χ0v) is 12.6. The third kappa shape index (κ3) is 5.37. The highest BCUT2D eigenvalue weighted by Gasteiger charge is 2.32. The highest BCUT2D eigenvalue weighted by Crippen LogP contribution is 2.41. The fraction of sp³-hybridized carbons (Fsp3) is 1.00. The van der Waals surface area contributed by atoms with E-state index in [9.17, 15) is 4.48 Å². The molecule has 0 amide bonds. The van der Waals surface area contributed by atoms with Crippen LogP contribution in [0.3, 0.4) is 0 Å². The second-order valence-corrected chi connectivity index (χ2v) is 5.42. The van der Waals surface area contributed by atoms with Gasteiger partial charge in [0.1, 0.15) is 0 Å². The summed E-state index contributed by atoms with van der Waals surface area (Å²) in [5.41, 5.74) is 0.341. The second kappa shape index (κ2) is 8.91. The average molecular weight is 245 g/mol. The van der Waals surface area contributed by atoms with Crippen molar-refractivity contribution >= 4 is 0 Å². The summed E-state index contributed by atoms with van der Waals surface area (Å²) in [7, 11) is 0. The third-order valence-corrected chi connectivity index (χ3v) is 4.49. The predicted molar refractivity (Wildman–Crippen MR) is 74.7 cm³/mol. The lowest BCUT2D eigenvalue weighted by Gasteiger charge is -2.38. The van der Waals surface area contributed by atoms with Crippen LogP contribution in [-0.2, 0) is 0 Å². The largest absolute Gasteiger partial charge is 0.146 e. The molecule has 0 N–H and O–H groups in total. The van der Waals surface area contributed by atoms with Crippen LogP contribution in [0.1, 0.15) is 73.1 Å². The molecule has 0 aliphatic heterocycles. The van der Waals surface area contributed by atoms with Crippen LogP contribution in [0, 0.1) is 11.3 Å². The van der Waals surface area contributed by atoms with E-state index >= 15 is 0 Å². The Balaban J connectivity index is 4.39. The van der Waals surface area contributed by atoms with Crippen molar-refractivity contribution in [1.29, 1.82) is 0 Å². The van der Waals surface area contributed by atoms with Crippen LogP contribution in [0.4, 0.5) is 4.48 Å². The summed E-state index contributed by atoms with van der Waals surface area (Å²) in [5, 5.41) is 0.999. The molecule has 1 unspecified atom stereocenters. The van der Waals surface area contributed by atoms with Gasteiger partial charge in [0.25, 0.3) is 0 Å². The van der Waals surface area contributed by atoms with Gasteiger partial charge >= 0.3 is 0 Å². The van der Waals surface area contributed by atoms with Crippen LogP contribution in [0.2, 0.25) is 0 Å². The Morgan fingerprint density at radius 3 is 2.00 bits per heavy atom. The Labute approximate surface area is 108 Å². The summed E-state index contributed by atoms with van der Waals surface area (Å²) in [6, 6.07) is 0. The van der Waals surface area contributed by atoms with Crippen LogP contribution in [0.25, 0.3) is 0 Å². The van der Waals surface area contributed by atoms with E-state index in [1.54, 1.807) is 0 Å². The van der Waals surface area contributed by atoms with Crippen molar-refractivity contribution in [2.75, 3.05) is 13.1 Å². The molecule has 1 atom stereocenters. The van der Waals surface area contributed by atoms with Gasteiger partial charge in [-0.3, -0.25) is 0 Å².